The minimum absolute atomic E-state index is 0.110. The number of ether oxygens (including phenoxy) is 1. The number of hydrogen-bond donors (Lipinski definition) is 0. The predicted molar refractivity (Wildman–Crippen MR) is 81.2 cm³/mol. The molecule has 0 heterocycles. The minimum atomic E-state index is -0.397. The molecule has 0 unspecified atom stereocenters. The Labute approximate surface area is 125 Å². The molecule has 0 aliphatic heterocycles. The molecule has 0 aromatic heterocycles. The van der Waals surface area contributed by atoms with Crippen LogP contribution in [0.5, 0.6) is 5.75 Å². The molecule has 0 fully saturated rings. The molecule has 0 N–H and O–H groups in total. The summed E-state index contributed by atoms with van der Waals surface area (Å²) in [5.74, 6) is 0.857. The van der Waals surface area contributed by atoms with Gasteiger partial charge in [-0.3, -0.25) is 10.1 Å². The van der Waals surface area contributed by atoms with Crippen LogP contribution in [-0.4, -0.2) is 11.5 Å². The summed E-state index contributed by atoms with van der Waals surface area (Å²) in [6, 6.07) is 12.4. The first-order valence-electron chi connectivity index (χ1n) is 6.18. The maximum absolute atomic E-state index is 10.6. The van der Waals surface area contributed by atoms with Gasteiger partial charge in [0, 0.05) is 23.0 Å². The Balaban J connectivity index is 1.91. The topological polar surface area (TPSA) is 52.4 Å². The second kappa shape index (κ2) is 6.52. The highest BCUT2D eigenvalue weighted by molar-refractivity contribution is 9.10. The number of nitro groups is 1. The first kappa shape index (κ1) is 14.5. The van der Waals surface area contributed by atoms with E-state index in [4.69, 9.17) is 4.74 Å². The molecule has 0 radical (unpaired) electrons. The second-order valence-corrected chi connectivity index (χ2v) is 5.35. The van der Waals surface area contributed by atoms with Crippen molar-refractivity contribution in [3.63, 3.8) is 0 Å². The zero-order valence-corrected chi connectivity index (χ0v) is 12.6. The highest BCUT2D eigenvalue weighted by Gasteiger charge is 2.04. The average molecular weight is 336 g/mol. The summed E-state index contributed by atoms with van der Waals surface area (Å²) >= 11 is 3.41. The van der Waals surface area contributed by atoms with Crippen molar-refractivity contribution in [2.75, 3.05) is 6.61 Å². The third-order valence-electron chi connectivity index (χ3n) is 2.93. The van der Waals surface area contributed by atoms with Gasteiger partial charge in [0.15, 0.2) is 0 Å². The third-order valence-corrected chi connectivity index (χ3v) is 3.43. The monoisotopic (exact) mass is 335 g/mol. The van der Waals surface area contributed by atoms with Gasteiger partial charge in [0.05, 0.1) is 11.5 Å². The van der Waals surface area contributed by atoms with Gasteiger partial charge in [-0.05, 0) is 36.2 Å². The summed E-state index contributed by atoms with van der Waals surface area (Å²) in [5, 5.41) is 10.6. The summed E-state index contributed by atoms with van der Waals surface area (Å²) in [6.45, 7) is 2.53. The third kappa shape index (κ3) is 3.81. The molecule has 0 atom stereocenters. The number of benzene rings is 2. The second-order valence-electron chi connectivity index (χ2n) is 4.43. The van der Waals surface area contributed by atoms with E-state index in [1.807, 2.05) is 25.1 Å². The Morgan fingerprint density at radius 1 is 1.20 bits per heavy atom. The number of hydrogen-bond acceptors (Lipinski definition) is 3. The first-order valence-corrected chi connectivity index (χ1v) is 6.98. The summed E-state index contributed by atoms with van der Waals surface area (Å²) in [6.07, 6.45) is 0.716. The van der Waals surface area contributed by atoms with Gasteiger partial charge >= 0.3 is 0 Å². The van der Waals surface area contributed by atoms with E-state index in [0.717, 1.165) is 21.3 Å². The molecule has 0 aliphatic carbocycles. The Morgan fingerprint density at radius 2 is 1.90 bits per heavy atom. The molecule has 2 rings (SSSR count). The van der Waals surface area contributed by atoms with Gasteiger partial charge in [0.25, 0.3) is 5.69 Å². The van der Waals surface area contributed by atoms with Gasteiger partial charge in [-0.2, -0.15) is 0 Å². The fourth-order valence-corrected chi connectivity index (χ4v) is 2.31. The quantitative estimate of drug-likeness (QED) is 0.605. The smallest absolute Gasteiger partial charge is 0.269 e. The zero-order valence-electron chi connectivity index (χ0n) is 11.0. The molecule has 0 bridgehead atoms. The fourth-order valence-electron chi connectivity index (χ4n) is 1.84. The van der Waals surface area contributed by atoms with Crippen LogP contribution >= 0.6 is 15.9 Å². The van der Waals surface area contributed by atoms with Crippen LogP contribution in [0.25, 0.3) is 0 Å². The lowest BCUT2D eigenvalue weighted by atomic mass is 10.1. The van der Waals surface area contributed by atoms with E-state index < -0.39 is 4.92 Å². The maximum Gasteiger partial charge on any atom is 0.269 e. The normalized spacial score (nSPS) is 10.3. The van der Waals surface area contributed by atoms with Crippen LogP contribution in [-0.2, 0) is 6.42 Å². The van der Waals surface area contributed by atoms with Crippen LogP contribution in [0, 0.1) is 17.0 Å². The van der Waals surface area contributed by atoms with Crippen molar-refractivity contribution in [1.29, 1.82) is 0 Å². The van der Waals surface area contributed by atoms with Crippen LogP contribution in [0.1, 0.15) is 11.1 Å². The fraction of sp³-hybridized carbons (Fsp3) is 0.200. The summed E-state index contributed by atoms with van der Waals surface area (Å²) in [7, 11) is 0. The lowest BCUT2D eigenvalue weighted by Crippen LogP contribution is -2.02. The highest BCUT2D eigenvalue weighted by atomic mass is 79.9. The number of nitro benzene ring substituents is 1. The molecule has 0 spiro atoms. The zero-order chi connectivity index (χ0) is 14.5. The van der Waals surface area contributed by atoms with Gasteiger partial charge in [-0.1, -0.05) is 28.1 Å². The minimum Gasteiger partial charge on any atom is -0.493 e. The van der Waals surface area contributed by atoms with E-state index in [-0.39, 0.29) is 5.69 Å². The molecule has 0 saturated heterocycles. The van der Waals surface area contributed by atoms with Crippen molar-refractivity contribution in [1.82, 2.24) is 0 Å². The van der Waals surface area contributed by atoms with Crippen molar-refractivity contribution in [3.05, 3.63) is 68.2 Å². The molecular formula is C15H14BrNO3. The molecule has 2 aromatic rings. The van der Waals surface area contributed by atoms with E-state index in [2.05, 4.69) is 15.9 Å². The lowest BCUT2D eigenvalue weighted by Gasteiger charge is -2.09. The molecule has 4 nitrogen and oxygen atoms in total. The van der Waals surface area contributed by atoms with Crippen LogP contribution in [0.15, 0.2) is 46.9 Å². The molecule has 0 saturated carbocycles. The Hall–Kier alpha value is -1.88. The van der Waals surface area contributed by atoms with Crippen molar-refractivity contribution < 1.29 is 9.66 Å². The number of non-ortho nitro benzene ring substituents is 1. The molecule has 2 aromatic carbocycles. The van der Waals surface area contributed by atoms with Gasteiger partial charge < -0.3 is 4.74 Å². The number of rotatable bonds is 5. The van der Waals surface area contributed by atoms with E-state index in [0.29, 0.717) is 13.0 Å². The molecule has 0 aliphatic rings. The van der Waals surface area contributed by atoms with Crippen LogP contribution < -0.4 is 4.74 Å². The predicted octanol–water partition coefficient (Wildman–Crippen LogP) is 4.29. The SMILES string of the molecule is Cc1cc(Br)ccc1OCCc1ccc([N+](=O)[O-])cc1. The summed E-state index contributed by atoms with van der Waals surface area (Å²) < 4.78 is 6.74. The number of nitrogens with zero attached hydrogens (tertiary/aromatic N) is 1. The standard InChI is InChI=1S/C15H14BrNO3/c1-11-10-13(16)4-7-15(11)20-9-8-12-2-5-14(6-3-12)17(18)19/h2-7,10H,8-9H2,1H3. The number of aryl methyl sites for hydroxylation is 1. The Morgan fingerprint density at radius 3 is 2.50 bits per heavy atom. The van der Waals surface area contributed by atoms with E-state index >= 15 is 0 Å². The molecule has 104 valence electrons. The van der Waals surface area contributed by atoms with Gasteiger partial charge in [-0.25, -0.2) is 0 Å². The molecule has 5 heteroatoms. The van der Waals surface area contributed by atoms with Gasteiger partial charge in [0.2, 0.25) is 0 Å². The Bertz CT molecular complexity index is 611. The van der Waals surface area contributed by atoms with E-state index in [1.54, 1.807) is 12.1 Å². The van der Waals surface area contributed by atoms with Crippen LogP contribution in [0.2, 0.25) is 0 Å². The molecule has 0 amide bonds. The van der Waals surface area contributed by atoms with Crippen molar-refractivity contribution in [2.45, 2.75) is 13.3 Å². The van der Waals surface area contributed by atoms with Crippen molar-refractivity contribution >= 4 is 21.6 Å². The van der Waals surface area contributed by atoms with Crippen molar-refractivity contribution in [2.24, 2.45) is 0 Å². The van der Waals surface area contributed by atoms with Gasteiger partial charge in [0.1, 0.15) is 5.75 Å². The maximum atomic E-state index is 10.6. The summed E-state index contributed by atoms with van der Waals surface area (Å²) in [4.78, 5) is 10.2. The van der Waals surface area contributed by atoms with Crippen LogP contribution in [0.3, 0.4) is 0 Å². The molecular weight excluding hydrogens is 322 g/mol. The highest BCUT2D eigenvalue weighted by Crippen LogP contribution is 2.22. The van der Waals surface area contributed by atoms with Crippen molar-refractivity contribution in [3.8, 4) is 5.75 Å². The largest absolute Gasteiger partial charge is 0.493 e. The molecule has 20 heavy (non-hydrogen) atoms. The summed E-state index contributed by atoms with van der Waals surface area (Å²) in [5.41, 5.74) is 2.20. The Kier molecular flexibility index (Phi) is 4.74. The lowest BCUT2D eigenvalue weighted by molar-refractivity contribution is -0.384. The van der Waals surface area contributed by atoms with Crippen LogP contribution in [0.4, 0.5) is 5.69 Å². The number of halogens is 1. The van der Waals surface area contributed by atoms with Gasteiger partial charge in [-0.15, -0.1) is 0 Å². The van der Waals surface area contributed by atoms with E-state index in [1.165, 1.54) is 12.1 Å². The van der Waals surface area contributed by atoms with E-state index in [9.17, 15) is 10.1 Å². The first-order chi connectivity index (χ1) is 9.56. The average Bonchev–Trinajstić information content (AvgIpc) is 2.42.